The predicted octanol–water partition coefficient (Wildman–Crippen LogP) is 2.52. The van der Waals surface area contributed by atoms with E-state index in [-0.39, 0.29) is 6.10 Å². The van der Waals surface area contributed by atoms with E-state index < -0.39 is 0 Å². The van der Waals surface area contributed by atoms with Crippen molar-refractivity contribution in [2.75, 3.05) is 50.2 Å². The summed E-state index contributed by atoms with van der Waals surface area (Å²) in [4.78, 5) is 13.9. The highest BCUT2D eigenvalue weighted by atomic mass is 16.5. The summed E-state index contributed by atoms with van der Waals surface area (Å²) in [5.41, 5.74) is 1.26. The first kappa shape index (κ1) is 19.8. The van der Waals surface area contributed by atoms with Crippen LogP contribution >= 0.6 is 0 Å². The zero-order valence-corrected chi connectivity index (χ0v) is 17.3. The lowest BCUT2D eigenvalue weighted by Gasteiger charge is -2.31. The fourth-order valence-electron chi connectivity index (χ4n) is 4.28. The summed E-state index contributed by atoms with van der Waals surface area (Å²) in [7, 11) is 3.33. The molecule has 0 amide bonds. The lowest BCUT2D eigenvalue weighted by atomic mass is 9.98. The maximum Gasteiger partial charge on any atom is 0.227 e. The number of piperidine rings is 1. The molecule has 3 heterocycles. The highest BCUT2D eigenvalue weighted by Gasteiger charge is 2.26. The number of nitrogens with zero attached hydrogens (tertiary/aromatic N) is 4. The molecule has 0 spiro atoms. The highest BCUT2D eigenvalue weighted by molar-refractivity contribution is 5.45. The van der Waals surface area contributed by atoms with Crippen LogP contribution in [0.3, 0.4) is 0 Å². The van der Waals surface area contributed by atoms with Crippen molar-refractivity contribution < 1.29 is 14.6 Å². The van der Waals surface area contributed by atoms with Gasteiger partial charge >= 0.3 is 0 Å². The van der Waals surface area contributed by atoms with E-state index in [1.807, 2.05) is 18.3 Å². The van der Waals surface area contributed by atoms with Crippen LogP contribution in [0, 0.1) is 5.92 Å². The normalized spacial score (nSPS) is 20.2. The fraction of sp³-hybridized carbons (Fsp3) is 0.545. The van der Waals surface area contributed by atoms with Crippen LogP contribution in [0.5, 0.6) is 11.5 Å². The van der Waals surface area contributed by atoms with Crippen molar-refractivity contribution in [3.05, 3.63) is 36.0 Å². The van der Waals surface area contributed by atoms with Gasteiger partial charge in [0.1, 0.15) is 5.82 Å². The summed E-state index contributed by atoms with van der Waals surface area (Å²) in [6, 6.07) is 8.14. The van der Waals surface area contributed by atoms with Gasteiger partial charge < -0.3 is 24.4 Å². The van der Waals surface area contributed by atoms with Gasteiger partial charge in [-0.2, -0.15) is 4.98 Å². The van der Waals surface area contributed by atoms with Crippen LogP contribution in [0.4, 0.5) is 11.8 Å². The standard InChI is InChI=1S/C22H30N4O3/c1-28-19-4-3-16(14-20(19)29-2)13-17-6-10-26(15-17)22-23-9-5-21(24-22)25-11-7-18(27)8-12-25/h3-5,9,14,17-18,27H,6-8,10-13,15H2,1-2H3. The molecule has 1 aromatic heterocycles. The van der Waals surface area contributed by atoms with Gasteiger partial charge in [0.05, 0.1) is 20.3 Å². The minimum absolute atomic E-state index is 0.177. The molecular formula is C22H30N4O3. The van der Waals surface area contributed by atoms with Crippen molar-refractivity contribution in [2.24, 2.45) is 5.92 Å². The first-order valence-electron chi connectivity index (χ1n) is 10.4. The van der Waals surface area contributed by atoms with Crippen molar-refractivity contribution in [2.45, 2.75) is 31.8 Å². The molecule has 1 atom stereocenters. The van der Waals surface area contributed by atoms with E-state index in [1.54, 1.807) is 14.2 Å². The molecule has 0 aliphatic carbocycles. The molecular weight excluding hydrogens is 368 g/mol. The van der Waals surface area contributed by atoms with Crippen molar-refractivity contribution in [3.8, 4) is 11.5 Å². The zero-order chi connectivity index (χ0) is 20.2. The van der Waals surface area contributed by atoms with Gasteiger partial charge in [0.15, 0.2) is 11.5 Å². The molecule has 2 aromatic rings. The van der Waals surface area contributed by atoms with Crippen molar-refractivity contribution >= 4 is 11.8 Å². The molecule has 0 radical (unpaired) electrons. The fourth-order valence-corrected chi connectivity index (χ4v) is 4.28. The number of aromatic nitrogens is 2. The summed E-state index contributed by atoms with van der Waals surface area (Å²) < 4.78 is 10.8. The van der Waals surface area contributed by atoms with E-state index in [9.17, 15) is 5.11 Å². The molecule has 1 aromatic carbocycles. The van der Waals surface area contributed by atoms with E-state index in [0.717, 1.165) is 75.1 Å². The minimum atomic E-state index is -0.177. The van der Waals surface area contributed by atoms with Gasteiger partial charge in [-0.05, 0) is 55.4 Å². The third kappa shape index (κ3) is 4.56. The second-order valence-electron chi connectivity index (χ2n) is 7.93. The predicted molar refractivity (Wildman–Crippen MR) is 113 cm³/mol. The van der Waals surface area contributed by atoms with Crippen LogP contribution in [0.25, 0.3) is 0 Å². The van der Waals surface area contributed by atoms with Gasteiger partial charge in [0.25, 0.3) is 0 Å². The number of methoxy groups -OCH3 is 2. The molecule has 7 heteroatoms. The van der Waals surface area contributed by atoms with Crippen molar-refractivity contribution in [1.29, 1.82) is 0 Å². The third-order valence-electron chi connectivity index (χ3n) is 5.96. The first-order chi connectivity index (χ1) is 14.2. The summed E-state index contributed by atoms with van der Waals surface area (Å²) in [5, 5.41) is 9.73. The lowest BCUT2D eigenvalue weighted by molar-refractivity contribution is 0.145. The van der Waals surface area contributed by atoms with Crippen LogP contribution in [0.1, 0.15) is 24.8 Å². The summed E-state index contributed by atoms with van der Waals surface area (Å²) in [6.45, 7) is 3.62. The molecule has 2 aliphatic heterocycles. The Morgan fingerprint density at radius 1 is 1.00 bits per heavy atom. The smallest absolute Gasteiger partial charge is 0.227 e. The average molecular weight is 399 g/mol. The van der Waals surface area contributed by atoms with Crippen molar-refractivity contribution in [3.63, 3.8) is 0 Å². The van der Waals surface area contributed by atoms with Gasteiger partial charge in [0.2, 0.25) is 5.95 Å². The molecule has 0 bridgehead atoms. The number of aliphatic hydroxyl groups is 1. The maximum atomic E-state index is 9.73. The number of rotatable bonds is 6. The Hall–Kier alpha value is -2.54. The quantitative estimate of drug-likeness (QED) is 0.802. The number of hydrogen-bond donors (Lipinski definition) is 1. The molecule has 2 fully saturated rings. The Morgan fingerprint density at radius 2 is 1.76 bits per heavy atom. The number of anilines is 2. The van der Waals surface area contributed by atoms with E-state index in [1.165, 1.54) is 5.56 Å². The molecule has 2 saturated heterocycles. The van der Waals surface area contributed by atoms with E-state index in [0.29, 0.717) is 5.92 Å². The topological polar surface area (TPSA) is 71.0 Å². The van der Waals surface area contributed by atoms with E-state index in [4.69, 9.17) is 14.5 Å². The SMILES string of the molecule is COc1ccc(CC2CCN(c3nccc(N4CCC(O)CC4)n3)C2)cc1OC. The molecule has 7 nitrogen and oxygen atoms in total. The number of ether oxygens (including phenoxy) is 2. The number of hydrogen-bond acceptors (Lipinski definition) is 7. The van der Waals surface area contributed by atoms with Gasteiger partial charge in [-0.25, -0.2) is 4.98 Å². The molecule has 1 unspecified atom stereocenters. The largest absolute Gasteiger partial charge is 0.493 e. The van der Waals surface area contributed by atoms with Gasteiger partial charge in [0, 0.05) is 32.4 Å². The first-order valence-corrected chi connectivity index (χ1v) is 10.4. The zero-order valence-electron chi connectivity index (χ0n) is 17.3. The van der Waals surface area contributed by atoms with E-state index in [2.05, 4.69) is 26.9 Å². The molecule has 1 N–H and O–H groups in total. The third-order valence-corrected chi connectivity index (χ3v) is 5.96. The maximum absolute atomic E-state index is 9.73. The monoisotopic (exact) mass is 398 g/mol. The van der Waals surface area contributed by atoms with Crippen LogP contribution < -0.4 is 19.3 Å². The highest BCUT2D eigenvalue weighted by Crippen LogP contribution is 2.31. The average Bonchev–Trinajstić information content (AvgIpc) is 3.23. The van der Waals surface area contributed by atoms with Crippen LogP contribution in [0.2, 0.25) is 0 Å². The van der Waals surface area contributed by atoms with Crippen molar-refractivity contribution in [1.82, 2.24) is 9.97 Å². The molecule has 156 valence electrons. The Balaban J connectivity index is 1.39. The summed E-state index contributed by atoms with van der Waals surface area (Å²) in [6.07, 6.45) is 5.40. The Bertz CT molecular complexity index is 823. The summed E-state index contributed by atoms with van der Waals surface area (Å²) in [5.74, 6) is 3.88. The molecule has 0 saturated carbocycles. The van der Waals surface area contributed by atoms with Gasteiger partial charge in [-0.15, -0.1) is 0 Å². The molecule has 2 aliphatic rings. The number of aliphatic hydroxyl groups excluding tert-OH is 1. The Morgan fingerprint density at radius 3 is 2.52 bits per heavy atom. The lowest BCUT2D eigenvalue weighted by Crippen LogP contribution is -2.36. The van der Waals surface area contributed by atoms with E-state index >= 15 is 0 Å². The molecule has 29 heavy (non-hydrogen) atoms. The van der Waals surface area contributed by atoms with Crippen LogP contribution in [-0.2, 0) is 6.42 Å². The van der Waals surface area contributed by atoms with Gasteiger partial charge in [-0.1, -0.05) is 6.07 Å². The van der Waals surface area contributed by atoms with Crippen LogP contribution in [-0.4, -0.2) is 61.6 Å². The second-order valence-corrected chi connectivity index (χ2v) is 7.93. The molecule has 4 rings (SSSR count). The van der Waals surface area contributed by atoms with Crippen LogP contribution in [0.15, 0.2) is 30.5 Å². The van der Waals surface area contributed by atoms with Gasteiger partial charge in [-0.3, -0.25) is 0 Å². The summed E-state index contributed by atoms with van der Waals surface area (Å²) >= 11 is 0. The second kappa shape index (κ2) is 8.86. The Labute approximate surface area is 172 Å². The number of benzene rings is 1. The Kier molecular flexibility index (Phi) is 6.04. The minimum Gasteiger partial charge on any atom is -0.493 e.